The highest BCUT2D eigenvalue weighted by atomic mass is 16.3. The van der Waals surface area contributed by atoms with Crippen LogP contribution < -0.4 is 0 Å². The first kappa shape index (κ1) is 4.91. The Labute approximate surface area is 53.5 Å². The van der Waals surface area contributed by atoms with Crippen LogP contribution in [0.15, 0.2) is 12.3 Å². The average molecular weight is 123 g/mol. The van der Waals surface area contributed by atoms with Crippen molar-refractivity contribution in [2.75, 3.05) is 0 Å². The quantitative estimate of drug-likeness (QED) is 0.584. The third-order valence-electron chi connectivity index (χ3n) is 1.74. The molecule has 2 rings (SSSR count). The maximum Gasteiger partial charge on any atom is 0.188 e. The first-order valence-electron chi connectivity index (χ1n) is 3.23. The summed E-state index contributed by atoms with van der Waals surface area (Å²) in [6.07, 6.45) is 4.46. The predicted molar refractivity (Wildman–Crippen MR) is 34.4 cm³/mol. The van der Waals surface area contributed by atoms with Gasteiger partial charge in [0.1, 0.15) is 0 Å². The lowest BCUT2D eigenvalue weighted by Gasteiger charge is -1.82. The molecule has 48 valence electrons. The van der Waals surface area contributed by atoms with Crippen LogP contribution >= 0.6 is 0 Å². The Morgan fingerprint density at radius 2 is 2.33 bits per heavy atom. The van der Waals surface area contributed by atoms with Crippen LogP contribution in [0, 0.1) is 0 Å². The van der Waals surface area contributed by atoms with Gasteiger partial charge in [0.2, 0.25) is 0 Å². The van der Waals surface area contributed by atoms with Crippen molar-refractivity contribution in [3.05, 3.63) is 17.8 Å². The highest BCUT2D eigenvalue weighted by Gasteiger charge is 2.24. The molecule has 0 saturated heterocycles. The van der Waals surface area contributed by atoms with Crippen LogP contribution in [0.25, 0.3) is 0 Å². The molecule has 0 amide bonds. The van der Waals surface area contributed by atoms with Crippen LogP contribution in [0.5, 0.6) is 5.88 Å². The van der Waals surface area contributed by atoms with Gasteiger partial charge in [-0.1, -0.05) is 0 Å². The third kappa shape index (κ3) is 0.803. The normalized spacial score (nSPS) is 18.2. The minimum absolute atomic E-state index is 0.289. The number of aromatic hydroxyl groups is 1. The van der Waals surface area contributed by atoms with E-state index < -0.39 is 0 Å². The molecule has 2 heteroatoms. The van der Waals surface area contributed by atoms with Crippen molar-refractivity contribution in [1.29, 1.82) is 0 Å². The zero-order valence-electron chi connectivity index (χ0n) is 5.09. The van der Waals surface area contributed by atoms with Gasteiger partial charge in [0.25, 0.3) is 0 Å². The van der Waals surface area contributed by atoms with Crippen molar-refractivity contribution in [2.45, 2.75) is 18.8 Å². The van der Waals surface area contributed by atoms with Crippen molar-refractivity contribution >= 4 is 0 Å². The molecule has 9 heavy (non-hydrogen) atoms. The van der Waals surface area contributed by atoms with Gasteiger partial charge in [-0.05, 0) is 24.3 Å². The number of H-pyrrole nitrogens is 1. The zero-order valence-corrected chi connectivity index (χ0v) is 5.09. The first-order valence-corrected chi connectivity index (χ1v) is 3.23. The van der Waals surface area contributed by atoms with E-state index >= 15 is 0 Å². The summed E-state index contributed by atoms with van der Waals surface area (Å²) in [5.74, 6) is 1.03. The summed E-state index contributed by atoms with van der Waals surface area (Å²) in [5, 5.41) is 8.87. The SMILES string of the molecule is Oc1cc(C2CC2)c[nH]1. The molecule has 0 atom stereocenters. The lowest BCUT2D eigenvalue weighted by molar-refractivity contribution is 0.457. The van der Waals surface area contributed by atoms with E-state index in [9.17, 15) is 0 Å². The predicted octanol–water partition coefficient (Wildman–Crippen LogP) is 1.60. The van der Waals surface area contributed by atoms with Gasteiger partial charge in [0, 0.05) is 12.3 Å². The lowest BCUT2D eigenvalue weighted by atomic mass is 10.2. The molecule has 1 aromatic heterocycles. The van der Waals surface area contributed by atoms with Crippen molar-refractivity contribution < 1.29 is 5.11 Å². The van der Waals surface area contributed by atoms with Gasteiger partial charge in [0.15, 0.2) is 5.88 Å². The van der Waals surface area contributed by atoms with E-state index in [0.717, 1.165) is 5.92 Å². The summed E-state index contributed by atoms with van der Waals surface area (Å²) in [7, 11) is 0. The van der Waals surface area contributed by atoms with Gasteiger partial charge in [-0.2, -0.15) is 0 Å². The molecule has 0 aromatic carbocycles. The maximum absolute atomic E-state index is 8.87. The monoisotopic (exact) mass is 123 g/mol. The van der Waals surface area contributed by atoms with Gasteiger partial charge < -0.3 is 10.1 Å². The molecule has 1 heterocycles. The Kier molecular flexibility index (Phi) is 0.835. The molecule has 0 spiro atoms. The Morgan fingerprint density at radius 3 is 2.78 bits per heavy atom. The number of nitrogens with one attached hydrogen (secondary N) is 1. The second-order valence-electron chi connectivity index (χ2n) is 2.59. The van der Waals surface area contributed by atoms with Gasteiger partial charge in [-0.3, -0.25) is 0 Å². The minimum Gasteiger partial charge on any atom is -0.495 e. The van der Waals surface area contributed by atoms with Crippen molar-refractivity contribution in [3.63, 3.8) is 0 Å². The van der Waals surface area contributed by atoms with E-state index in [4.69, 9.17) is 5.11 Å². The summed E-state index contributed by atoms with van der Waals surface area (Å²) in [6, 6.07) is 1.80. The van der Waals surface area contributed by atoms with Gasteiger partial charge in [-0.25, -0.2) is 0 Å². The molecular formula is C7H9NO. The minimum atomic E-state index is 0.289. The molecule has 0 aliphatic heterocycles. The maximum atomic E-state index is 8.87. The fraction of sp³-hybridized carbons (Fsp3) is 0.429. The smallest absolute Gasteiger partial charge is 0.188 e. The molecule has 0 bridgehead atoms. The van der Waals surface area contributed by atoms with Crippen LogP contribution in [-0.4, -0.2) is 10.1 Å². The fourth-order valence-corrected chi connectivity index (χ4v) is 1.05. The van der Waals surface area contributed by atoms with E-state index in [-0.39, 0.29) is 5.88 Å². The molecule has 2 nitrogen and oxygen atoms in total. The number of hydrogen-bond acceptors (Lipinski definition) is 1. The summed E-state index contributed by atoms with van der Waals surface area (Å²) in [4.78, 5) is 2.75. The Bertz CT molecular complexity index is 212. The number of hydrogen-bond donors (Lipinski definition) is 2. The molecule has 2 N–H and O–H groups in total. The van der Waals surface area contributed by atoms with Gasteiger partial charge in [-0.15, -0.1) is 0 Å². The van der Waals surface area contributed by atoms with Crippen LogP contribution in [0.4, 0.5) is 0 Å². The van der Waals surface area contributed by atoms with Crippen molar-refractivity contribution in [2.24, 2.45) is 0 Å². The molecule has 1 aromatic rings. The standard InChI is InChI=1S/C7H9NO/c9-7-3-6(4-8-7)5-1-2-5/h3-5,8-9H,1-2H2. The molecule has 0 radical (unpaired) electrons. The molecule has 1 aliphatic rings. The van der Waals surface area contributed by atoms with E-state index in [0.29, 0.717) is 0 Å². The molecule has 0 unspecified atom stereocenters. The average Bonchev–Trinajstić information content (AvgIpc) is 2.58. The van der Waals surface area contributed by atoms with E-state index in [1.54, 1.807) is 6.07 Å². The van der Waals surface area contributed by atoms with Crippen LogP contribution in [-0.2, 0) is 0 Å². The Hall–Kier alpha value is -0.920. The summed E-state index contributed by atoms with van der Waals surface area (Å²) < 4.78 is 0. The van der Waals surface area contributed by atoms with E-state index in [1.807, 2.05) is 6.20 Å². The summed E-state index contributed by atoms with van der Waals surface area (Å²) in [5.41, 5.74) is 1.26. The van der Waals surface area contributed by atoms with Crippen molar-refractivity contribution in [1.82, 2.24) is 4.98 Å². The second-order valence-corrected chi connectivity index (χ2v) is 2.59. The van der Waals surface area contributed by atoms with Gasteiger partial charge >= 0.3 is 0 Å². The second kappa shape index (κ2) is 1.53. The highest BCUT2D eigenvalue weighted by molar-refractivity contribution is 5.26. The third-order valence-corrected chi connectivity index (χ3v) is 1.74. The first-order chi connectivity index (χ1) is 4.36. The molecule has 1 aliphatic carbocycles. The molecular weight excluding hydrogens is 114 g/mol. The fourth-order valence-electron chi connectivity index (χ4n) is 1.05. The van der Waals surface area contributed by atoms with Crippen molar-refractivity contribution in [3.8, 4) is 5.88 Å². The number of aromatic amines is 1. The van der Waals surface area contributed by atoms with Crippen LogP contribution in [0.3, 0.4) is 0 Å². The van der Waals surface area contributed by atoms with Crippen LogP contribution in [0.1, 0.15) is 24.3 Å². The highest BCUT2D eigenvalue weighted by Crippen LogP contribution is 2.40. The number of aromatic nitrogens is 1. The topological polar surface area (TPSA) is 36.0 Å². The zero-order chi connectivity index (χ0) is 6.27. The van der Waals surface area contributed by atoms with E-state index in [1.165, 1.54) is 18.4 Å². The van der Waals surface area contributed by atoms with Gasteiger partial charge in [0.05, 0.1) is 0 Å². The lowest BCUT2D eigenvalue weighted by Crippen LogP contribution is -1.67. The van der Waals surface area contributed by atoms with E-state index in [2.05, 4.69) is 4.98 Å². The molecule has 1 fully saturated rings. The Morgan fingerprint density at radius 1 is 1.56 bits per heavy atom. The van der Waals surface area contributed by atoms with Crippen LogP contribution in [0.2, 0.25) is 0 Å². The summed E-state index contributed by atoms with van der Waals surface area (Å²) in [6.45, 7) is 0. The molecule has 1 saturated carbocycles. The Balaban J connectivity index is 2.28. The largest absolute Gasteiger partial charge is 0.495 e. The summed E-state index contributed by atoms with van der Waals surface area (Å²) >= 11 is 0. The number of rotatable bonds is 1.